The molecule has 1 aromatic rings. The third-order valence-corrected chi connectivity index (χ3v) is 5.16. The Bertz CT molecular complexity index is 556. The van der Waals surface area contributed by atoms with E-state index in [1.807, 2.05) is 24.4 Å². The molecule has 0 unspecified atom stereocenters. The van der Waals surface area contributed by atoms with Crippen LogP contribution in [0.5, 0.6) is 0 Å². The van der Waals surface area contributed by atoms with Crippen molar-refractivity contribution in [2.45, 2.75) is 52.0 Å². The Morgan fingerprint density at radius 1 is 1.35 bits per heavy atom. The van der Waals surface area contributed by atoms with E-state index in [4.69, 9.17) is 4.74 Å². The van der Waals surface area contributed by atoms with Gasteiger partial charge in [-0.1, -0.05) is 79.9 Å². The Labute approximate surface area is 147 Å². The molecule has 0 radical (unpaired) electrons. The summed E-state index contributed by atoms with van der Waals surface area (Å²) in [7, 11) is 0. The molecule has 1 aromatic carbocycles. The second-order valence-corrected chi connectivity index (χ2v) is 7.42. The summed E-state index contributed by atoms with van der Waals surface area (Å²) in [6, 6.07) is 10.2. The Balaban J connectivity index is 2.34. The summed E-state index contributed by atoms with van der Waals surface area (Å²) >= 11 is 3.63. The quantitative estimate of drug-likeness (QED) is 0.559. The Morgan fingerprint density at radius 2 is 2.04 bits per heavy atom. The topological polar surface area (TPSA) is 29.5 Å². The number of allylic oxidation sites excluding steroid dienone is 1. The van der Waals surface area contributed by atoms with Crippen molar-refractivity contribution < 1.29 is 9.53 Å². The van der Waals surface area contributed by atoms with Crippen LogP contribution in [0.3, 0.4) is 0 Å². The highest BCUT2D eigenvalue weighted by atomic mass is 79.9. The fourth-order valence-corrected chi connectivity index (χ4v) is 3.60. The Hall–Kier alpha value is -1.29. The number of hydrogen-bond acceptors (Lipinski definition) is 2. The maximum Gasteiger partial charge on any atom is 0.414 e. The van der Waals surface area contributed by atoms with Crippen LogP contribution in [0.4, 0.5) is 4.79 Å². The Morgan fingerprint density at radius 3 is 2.65 bits per heavy atom. The summed E-state index contributed by atoms with van der Waals surface area (Å²) in [6.07, 6.45) is 6.11. The minimum atomic E-state index is -0.442. The maximum atomic E-state index is 12.4. The predicted octanol–water partition coefficient (Wildman–Crippen LogP) is 5.81. The molecular formula is C19H26BrNO2. The number of carbonyl (C=O) groups is 1. The molecule has 0 bridgehead atoms. The van der Waals surface area contributed by atoms with E-state index in [-0.39, 0.29) is 12.0 Å². The average Bonchev–Trinajstić information content (AvgIpc) is 2.87. The molecule has 126 valence electrons. The normalized spacial score (nSPS) is 21.9. The van der Waals surface area contributed by atoms with Crippen LogP contribution in [0.2, 0.25) is 0 Å². The molecule has 1 atom stereocenters. The summed E-state index contributed by atoms with van der Waals surface area (Å²) < 4.78 is 6.49. The van der Waals surface area contributed by atoms with Crippen molar-refractivity contribution in [2.24, 2.45) is 5.92 Å². The number of rotatable bonds is 7. The van der Waals surface area contributed by atoms with Crippen molar-refractivity contribution in [2.75, 3.05) is 6.61 Å². The van der Waals surface area contributed by atoms with Gasteiger partial charge < -0.3 is 4.74 Å². The molecule has 1 saturated heterocycles. The number of unbranched alkanes of at least 4 members (excludes halogenated alkanes) is 2. The number of ether oxygens (including phenoxy) is 1. The standard InChI is InChI=1S/C19H26BrNO2/c1-4-5-7-12-17(20)13-21-18(22)23-14-19(21,15(2)3)16-10-8-6-9-11-16/h6,8-11,13,15H,4-5,7,12,14H2,1-3H3/b17-13-/t19-/m1/s1. The van der Waals surface area contributed by atoms with Crippen LogP contribution >= 0.6 is 15.9 Å². The van der Waals surface area contributed by atoms with Crippen LogP contribution in [-0.2, 0) is 10.3 Å². The van der Waals surface area contributed by atoms with Crippen LogP contribution in [0.1, 0.15) is 52.0 Å². The lowest BCUT2D eigenvalue weighted by molar-refractivity contribution is 0.151. The van der Waals surface area contributed by atoms with Gasteiger partial charge in [-0.05, 0) is 24.3 Å². The lowest BCUT2D eigenvalue weighted by Crippen LogP contribution is -2.45. The van der Waals surface area contributed by atoms with E-state index < -0.39 is 5.54 Å². The van der Waals surface area contributed by atoms with Crippen LogP contribution in [-0.4, -0.2) is 17.6 Å². The third kappa shape index (κ3) is 3.79. The van der Waals surface area contributed by atoms with Gasteiger partial charge in [-0.25, -0.2) is 4.79 Å². The van der Waals surface area contributed by atoms with E-state index in [1.54, 1.807) is 4.90 Å². The van der Waals surface area contributed by atoms with Gasteiger partial charge in [-0.2, -0.15) is 0 Å². The van der Waals surface area contributed by atoms with Crippen LogP contribution < -0.4 is 0 Å². The van der Waals surface area contributed by atoms with Crippen molar-refractivity contribution in [1.29, 1.82) is 0 Å². The van der Waals surface area contributed by atoms with Gasteiger partial charge in [-0.15, -0.1) is 0 Å². The average molecular weight is 380 g/mol. The number of nitrogens with zero attached hydrogens (tertiary/aromatic N) is 1. The summed E-state index contributed by atoms with van der Waals surface area (Å²) in [5, 5.41) is 0. The Kier molecular flexibility index (Phi) is 6.28. The van der Waals surface area contributed by atoms with Crippen molar-refractivity contribution >= 4 is 22.0 Å². The van der Waals surface area contributed by atoms with Crippen LogP contribution in [0.25, 0.3) is 0 Å². The first-order chi connectivity index (χ1) is 11.0. The van der Waals surface area contributed by atoms with Gasteiger partial charge in [0.15, 0.2) is 0 Å². The summed E-state index contributed by atoms with van der Waals surface area (Å²) in [5.74, 6) is 0.239. The summed E-state index contributed by atoms with van der Waals surface area (Å²) in [5.41, 5.74) is 0.674. The summed E-state index contributed by atoms with van der Waals surface area (Å²) in [4.78, 5) is 14.2. The third-order valence-electron chi connectivity index (χ3n) is 4.56. The molecule has 1 amide bonds. The minimum absolute atomic E-state index is 0.239. The van der Waals surface area contributed by atoms with Gasteiger partial charge in [0.1, 0.15) is 12.1 Å². The van der Waals surface area contributed by atoms with E-state index in [0.717, 1.165) is 22.9 Å². The van der Waals surface area contributed by atoms with Gasteiger partial charge in [0, 0.05) is 10.7 Å². The highest BCUT2D eigenvalue weighted by molar-refractivity contribution is 9.11. The molecule has 1 aliphatic rings. The number of hydrogen-bond donors (Lipinski definition) is 0. The zero-order chi connectivity index (χ0) is 16.9. The molecule has 1 fully saturated rings. The van der Waals surface area contributed by atoms with Gasteiger partial charge in [0.25, 0.3) is 0 Å². The van der Waals surface area contributed by atoms with E-state index >= 15 is 0 Å². The molecule has 0 N–H and O–H groups in total. The molecule has 3 nitrogen and oxygen atoms in total. The first kappa shape index (κ1) is 18.1. The molecule has 0 aliphatic carbocycles. The van der Waals surface area contributed by atoms with Gasteiger partial charge in [-0.3, -0.25) is 4.90 Å². The predicted molar refractivity (Wildman–Crippen MR) is 97.3 cm³/mol. The zero-order valence-electron chi connectivity index (χ0n) is 14.2. The molecule has 4 heteroatoms. The lowest BCUT2D eigenvalue weighted by atomic mass is 9.80. The molecule has 2 rings (SSSR count). The molecular weight excluding hydrogens is 354 g/mol. The van der Waals surface area contributed by atoms with Gasteiger partial charge in [0.05, 0.1) is 0 Å². The molecule has 0 spiro atoms. The highest BCUT2D eigenvalue weighted by Crippen LogP contribution is 2.42. The lowest BCUT2D eigenvalue weighted by Gasteiger charge is -2.38. The first-order valence-corrected chi connectivity index (χ1v) is 9.19. The van der Waals surface area contributed by atoms with E-state index in [1.165, 1.54) is 12.8 Å². The van der Waals surface area contributed by atoms with Gasteiger partial charge >= 0.3 is 6.09 Å². The first-order valence-electron chi connectivity index (χ1n) is 8.40. The van der Waals surface area contributed by atoms with Crippen molar-refractivity contribution in [1.82, 2.24) is 4.90 Å². The van der Waals surface area contributed by atoms with Crippen molar-refractivity contribution in [3.63, 3.8) is 0 Å². The number of carbonyl (C=O) groups excluding carboxylic acids is 1. The number of cyclic esters (lactones) is 1. The molecule has 0 aromatic heterocycles. The van der Waals surface area contributed by atoms with E-state index in [0.29, 0.717) is 6.61 Å². The second kappa shape index (κ2) is 8.00. The highest BCUT2D eigenvalue weighted by Gasteiger charge is 2.50. The monoisotopic (exact) mass is 379 g/mol. The number of amides is 1. The van der Waals surface area contributed by atoms with Crippen LogP contribution in [0, 0.1) is 5.92 Å². The fourth-order valence-electron chi connectivity index (χ4n) is 3.12. The van der Waals surface area contributed by atoms with Crippen LogP contribution in [0.15, 0.2) is 41.0 Å². The van der Waals surface area contributed by atoms with E-state index in [9.17, 15) is 4.79 Å². The van der Waals surface area contributed by atoms with Gasteiger partial charge in [0.2, 0.25) is 0 Å². The SMILES string of the molecule is CCCCC/C(Br)=C/N1C(=O)OC[C@]1(c1ccccc1)C(C)C. The second-order valence-electron chi connectivity index (χ2n) is 6.40. The number of halogens is 1. The van der Waals surface area contributed by atoms with Crippen molar-refractivity contribution in [3.8, 4) is 0 Å². The largest absolute Gasteiger partial charge is 0.446 e. The molecule has 1 heterocycles. The zero-order valence-corrected chi connectivity index (χ0v) is 15.8. The van der Waals surface area contributed by atoms with E-state index in [2.05, 4.69) is 48.8 Å². The fraction of sp³-hybridized carbons (Fsp3) is 0.526. The molecule has 0 saturated carbocycles. The molecule has 23 heavy (non-hydrogen) atoms. The minimum Gasteiger partial charge on any atom is -0.446 e. The maximum absolute atomic E-state index is 12.4. The number of benzene rings is 1. The smallest absolute Gasteiger partial charge is 0.414 e. The van der Waals surface area contributed by atoms with Crippen molar-refractivity contribution in [3.05, 3.63) is 46.6 Å². The summed E-state index contributed by atoms with van der Waals surface area (Å²) in [6.45, 7) is 6.86. The molecule has 1 aliphatic heterocycles.